The molecule has 17 heavy (non-hydrogen) atoms. The van der Waals surface area contributed by atoms with Gasteiger partial charge >= 0.3 is 0 Å². The highest BCUT2D eigenvalue weighted by Crippen LogP contribution is 2.12. The van der Waals surface area contributed by atoms with Crippen molar-refractivity contribution in [3.8, 4) is 0 Å². The minimum Gasteiger partial charge on any atom is -0.360 e. The topological polar surface area (TPSA) is 37.8 Å². The number of anilines is 1. The number of benzene rings is 1. The number of nitrogens with zero attached hydrogens (tertiary/aromatic N) is 2. The predicted octanol–water partition coefficient (Wildman–Crippen LogP) is 3.15. The lowest BCUT2D eigenvalue weighted by Crippen LogP contribution is -1.99. The molecule has 1 N–H and O–H groups in total. The zero-order chi connectivity index (χ0) is 11.9. The molecule has 1 heterocycles. The molecule has 0 bridgehead atoms. The summed E-state index contributed by atoms with van der Waals surface area (Å²) in [5.41, 5.74) is 1.34. The number of hydrogen-bond acceptors (Lipinski definition) is 4. The van der Waals surface area contributed by atoms with Crippen molar-refractivity contribution >= 4 is 16.7 Å². The van der Waals surface area contributed by atoms with Gasteiger partial charge in [0.05, 0.1) is 0 Å². The minimum absolute atomic E-state index is 0.911. The lowest BCUT2D eigenvalue weighted by molar-refractivity contribution is 0.887. The highest BCUT2D eigenvalue weighted by molar-refractivity contribution is 7.09. The molecular formula is C13H17N3S. The van der Waals surface area contributed by atoms with Crippen molar-refractivity contribution in [2.45, 2.75) is 26.2 Å². The molecule has 3 nitrogen and oxygen atoms in total. The van der Waals surface area contributed by atoms with E-state index < -0.39 is 0 Å². The van der Waals surface area contributed by atoms with Crippen molar-refractivity contribution in [3.63, 3.8) is 0 Å². The van der Waals surface area contributed by atoms with Gasteiger partial charge in [-0.15, -0.1) is 0 Å². The maximum atomic E-state index is 4.46. The van der Waals surface area contributed by atoms with Crippen LogP contribution in [-0.2, 0) is 12.8 Å². The zero-order valence-corrected chi connectivity index (χ0v) is 10.8. The molecule has 0 aliphatic heterocycles. The first-order valence-electron chi connectivity index (χ1n) is 5.99. The Morgan fingerprint density at radius 3 is 2.76 bits per heavy atom. The van der Waals surface area contributed by atoms with Crippen LogP contribution in [-0.4, -0.2) is 15.9 Å². The van der Waals surface area contributed by atoms with E-state index in [1.165, 1.54) is 17.1 Å². The van der Waals surface area contributed by atoms with Crippen molar-refractivity contribution in [1.29, 1.82) is 0 Å². The zero-order valence-electron chi connectivity index (χ0n) is 10.0. The fraction of sp³-hybridized carbons (Fsp3) is 0.385. The molecule has 0 fully saturated rings. The summed E-state index contributed by atoms with van der Waals surface area (Å²) in [5, 5.41) is 4.20. The lowest BCUT2D eigenvalue weighted by atomic mass is 10.1. The number of nitrogens with one attached hydrogen (secondary N) is 1. The van der Waals surface area contributed by atoms with Crippen LogP contribution >= 0.6 is 11.5 Å². The van der Waals surface area contributed by atoms with Crippen LogP contribution in [0.2, 0.25) is 0 Å². The van der Waals surface area contributed by atoms with E-state index in [9.17, 15) is 0 Å². The average molecular weight is 247 g/mol. The average Bonchev–Trinajstić information content (AvgIpc) is 2.83. The van der Waals surface area contributed by atoms with Gasteiger partial charge in [-0.3, -0.25) is 0 Å². The van der Waals surface area contributed by atoms with E-state index >= 15 is 0 Å². The summed E-state index contributed by atoms with van der Waals surface area (Å²) in [5.74, 6) is 0.942. The van der Waals surface area contributed by atoms with Gasteiger partial charge in [0.1, 0.15) is 5.82 Å². The van der Waals surface area contributed by atoms with Crippen molar-refractivity contribution in [3.05, 3.63) is 41.7 Å². The van der Waals surface area contributed by atoms with E-state index in [-0.39, 0.29) is 0 Å². The van der Waals surface area contributed by atoms with Crippen molar-refractivity contribution in [2.75, 3.05) is 11.9 Å². The third-order valence-electron chi connectivity index (χ3n) is 2.47. The van der Waals surface area contributed by atoms with Crippen LogP contribution in [0.25, 0.3) is 0 Å². The second-order valence-corrected chi connectivity index (χ2v) is 4.68. The van der Waals surface area contributed by atoms with E-state index in [0.717, 1.165) is 36.8 Å². The van der Waals surface area contributed by atoms with Crippen LogP contribution in [0.5, 0.6) is 0 Å². The highest BCUT2D eigenvalue weighted by Gasteiger charge is 2.03. The smallest absolute Gasteiger partial charge is 0.202 e. The summed E-state index contributed by atoms with van der Waals surface area (Å²) in [6.07, 6.45) is 3.03. The van der Waals surface area contributed by atoms with Gasteiger partial charge in [-0.05, 0) is 18.4 Å². The summed E-state index contributed by atoms with van der Waals surface area (Å²) in [6.45, 7) is 3.11. The molecule has 0 saturated heterocycles. The third-order valence-corrected chi connectivity index (χ3v) is 3.19. The quantitative estimate of drug-likeness (QED) is 0.852. The van der Waals surface area contributed by atoms with E-state index in [4.69, 9.17) is 0 Å². The summed E-state index contributed by atoms with van der Waals surface area (Å²) in [6, 6.07) is 10.5. The van der Waals surface area contributed by atoms with Crippen molar-refractivity contribution < 1.29 is 0 Å². The van der Waals surface area contributed by atoms with E-state index in [1.807, 2.05) is 6.07 Å². The molecule has 4 heteroatoms. The number of aryl methyl sites for hydroxylation is 2. The van der Waals surface area contributed by atoms with Crippen LogP contribution in [0.1, 0.15) is 24.7 Å². The molecule has 0 atom stereocenters. The minimum atomic E-state index is 0.911. The van der Waals surface area contributed by atoms with Gasteiger partial charge in [0.15, 0.2) is 0 Å². The molecule has 2 aromatic rings. The summed E-state index contributed by atoms with van der Waals surface area (Å²) in [4.78, 5) is 4.46. The molecule has 1 aromatic carbocycles. The van der Waals surface area contributed by atoms with Gasteiger partial charge in [0.2, 0.25) is 5.13 Å². The molecule has 2 rings (SSSR count). The van der Waals surface area contributed by atoms with Gasteiger partial charge < -0.3 is 5.32 Å². The van der Waals surface area contributed by atoms with Crippen molar-refractivity contribution in [2.24, 2.45) is 0 Å². The van der Waals surface area contributed by atoms with E-state index in [1.54, 1.807) is 0 Å². The largest absolute Gasteiger partial charge is 0.360 e. The van der Waals surface area contributed by atoms with Gasteiger partial charge in [0, 0.05) is 24.5 Å². The van der Waals surface area contributed by atoms with Gasteiger partial charge in [0.25, 0.3) is 0 Å². The van der Waals surface area contributed by atoms with Crippen LogP contribution in [0.4, 0.5) is 5.13 Å². The normalized spacial score (nSPS) is 10.4. The maximum absolute atomic E-state index is 4.46. The Morgan fingerprint density at radius 1 is 1.18 bits per heavy atom. The second kappa shape index (κ2) is 6.35. The first-order chi connectivity index (χ1) is 8.38. The first-order valence-corrected chi connectivity index (χ1v) is 6.76. The predicted molar refractivity (Wildman–Crippen MR) is 72.5 cm³/mol. The van der Waals surface area contributed by atoms with Gasteiger partial charge in [-0.2, -0.15) is 4.37 Å². The monoisotopic (exact) mass is 247 g/mol. The Labute approximate surface area is 106 Å². The Morgan fingerprint density at radius 2 is 2.00 bits per heavy atom. The van der Waals surface area contributed by atoms with E-state index in [2.05, 4.69) is 45.9 Å². The Kier molecular flexibility index (Phi) is 4.50. The molecule has 1 aromatic heterocycles. The van der Waals surface area contributed by atoms with Crippen LogP contribution in [0.3, 0.4) is 0 Å². The van der Waals surface area contributed by atoms with Crippen LogP contribution in [0.15, 0.2) is 30.3 Å². The fourth-order valence-corrected chi connectivity index (χ4v) is 2.20. The maximum Gasteiger partial charge on any atom is 0.202 e. The number of aromatic nitrogens is 2. The Bertz CT molecular complexity index is 439. The number of hydrogen-bond donors (Lipinski definition) is 1. The molecule has 0 amide bonds. The molecule has 0 radical (unpaired) electrons. The highest BCUT2D eigenvalue weighted by atomic mass is 32.1. The Balaban J connectivity index is 1.85. The number of rotatable bonds is 6. The summed E-state index contributed by atoms with van der Waals surface area (Å²) < 4.78 is 4.35. The first kappa shape index (κ1) is 12.0. The molecule has 0 aliphatic rings. The molecule has 0 saturated carbocycles. The van der Waals surface area contributed by atoms with Gasteiger partial charge in [-0.25, -0.2) is 4.98 Å². The summed E-state index contributed by atoms with van der Waals surface area (Å²) >= 11 is 1.45. The standard InChI is InChI=1S/C13H17N3S/c1-2-10-14-13-15-12(16-17-13)9-8-11-6-4-3-5-7-11/h3-7H,2,8-10H2,1H3,(H,14,15,16). The van der Waals surface area contributed by atoms with E-state index in [0.29, 0.717) is 0 Å². The molecule has 0 spiro atoms. The van der Waals surface area contributed by atoms with Crippen molar-refractivity contribution in [1.82, 2.24) is 9.36 Å². The van der Waals surface area contributed by atoms with Crippen LogP contribution < -0.4 is 5.32 Å². The fourth-order valence-electron chi connectivity index (χ4n) is 1.56. The molecule has 0 unspecified atom stereocenters. The SMILES string of the molecule is CCCNc1nc(CCc2ccccc2)ns1. The third kappa shape index (κ3) is 3.82. The second-order valence-electron chi connectivity index (χ2n) is 3.93. The van der Waals surface area contributed by atoms with Crippen LogP contribution in [0, 0.1) is 0 Å². The molecule has 90 valence electrons. The lowest BCUT2D eigenvalue weighted by Gasteiger charge is -1.98. The molecular weight excluding hydrogens is 230 g/mol. The summed E-state index contributed by atoms with van der Waals surface area (Å²) in [7, 11) is 0. The van der Waals surface area contributed by atoms with Gasteiger partial charge in [-0.1, -0.05) is 37.3 Å². The molecule has 0 aliphatic carbocycles. The Hall–Kier alpha value is -1.42.